The average Bonchev–Trinajstić information content (AvgIpc) is 1.81. The van der Waals surface area contributed by atoms with E-state index in [1.165, 1.54) is 5.01 Å². The zero-order chi connectivity index (χ0) is 10.5. The Bertz CT molecular complexity index is 224. The van der Waals surface area contributed by atoms with Gasteiger partial charge in [-0.05, 0) is 0 Å². The first-order chi connectivity index (χ1) is 5.83. The lowest BCUT2D eigenvalue weighted by atomic mass is 10.4. The Morgan fingerprint density at radius 2 is 1.85 bits per heavy atom. The van der Waals surface area contributed by atoms with E-state index in [1.54, 1.807) is 14.1 Å². The molecule has 0 aromatic heterocycles. The molecular weight excluding hydrogens is 190 g/mol. The second-order valence-electron chi connectivity index (χ2n) is 3.41. The van der Waals surface area contributed by atoms with Crippen molar-refractivity contribution < 1.29 is 8.42 Å². The highest BCUT2D eigenvalue weighted by molar-refractivity contribution is 7.89. The quantitative estimate of drug-likeness (QED) is 0.572. The number of rotatable bonds is 6. The highest BCUT2D eigenvalue weighted by Crippen LogP contribution is 1.84. The van der Waals surface area contributed by atoms with Crippen LogP contribution in [-0.2, 0) is 10.0 Å². The number of hydrogen-bond acceptors (Lipinski definition) is 4. The summed E-state index contributed by atoms with van der Waals surface area (Å²) in [5, 5.41) is 4.46. The van der Waals surface area contributed by atoms with Crippen molar-refractivity contribution in [2.45, 2.75) is 19.9 Å². The summed E-state index contributed by atoms with van der Waals surface area (Å²) in [4.78, 5) is 2.36. The molecule has 0 bridgehead atoms. The van der Waals surface area contributed by atoms with Crippen molar-refractivity contribution in [1.29, 1.82) is 0 Å². The highest BCUT2D eigenvalue weighted by atomic mass is 32.2. The highest BCUT2D eigenvalue weighted by Gasteiger charge is 2.09. The van der Waals surface area contributed by atoms with Crippen LogP contribution in [0.25, 0.3) is 0 Å². The third-order valence-corrected chi connectivity index (χ3v) is 2.63. The van der Waals surface area contributed by atoms with Gasteiger partial charge in [-0.25, -0.2) is 13.4 Å². The number of sulfonamides is 1. The normalized spacial score (nSPS) is 12.8. The summed E-state index contributed by atoms with van der Waals surface area (Å²) in [6, 6.07) is 0.314. The summed E-state index contributed by atoms with van der Waals surface area (Å²) in [5.41, 5.74) is 0. The van der Waals surface area contributed by atoms with Gasteiger partial charge in [-0.15, -0.1) is 4.83 Å². The molecule has 0 aliphatic heterocycles. The molecule has 2 N–H and O–H groups in total. The zero-order valence-corrected chi connectivity index (χ0v) is 9.48. The lowest BCUT2D eigenvalue weighted by Crippen LogP contribution is -2.40. The van der Waals surface area contributed by atoms with E-state index in [2.05, 4.69) is 10.1 Å². The molecule has 5 nitrogen and oxygen atoms in total. The Morgan fingerprint density at radius 1 is 1.31 bits per heavy atom. The van der Waals surface area contributed by atoms with Crippen LogP contribution >= 0.6 is 0 Å². The van der Waals surface area contributed by atoms with Crippen LogP contribution in [0.2, 0.25) is 0 Å². The van der Waals surface area contributed by atoms with Crippen LogP contribution in [0.3, 0.4) is 0 Å². The lowest BCUT2D eigenvalue weighted by molar-refractivity contribution is 0.363. The summed E-state index contributed by atoms with van der Waals surface area (Å²) in [7, 11) is 0.129. The predicted octanol–water partition coefficient (Wildman–Crippen LogP) is -0.620. The average molecular weight is 209 g/mol. The largest absolute Gasteiger partial charge is 0.313 e. The van der Waals surface area contributed by atoms with Crippen LogP contribution in [0.4, 0.5) is 0 Å². The van der Waals surface area contributed by atoms with Crippen molar-refractivity contribution >= 4 is 10.0 Å². The number of hydrazine groups is 1. The van der Waals surface area contributed by atoms with Crippen molar-refractivity contribution in [3.63, 3.8) is 0 Å². The van der Waals surface area contributed by atoms with Gasteiger partial charge in [0.15, 0.2) is 0 Å². The van der Waals surface area contributed by atoms with Crippen molar-refractivity contribution in [2.24, 2.45) is 0 Å². The SMILES string of the molecule is CC(C)NCCS(=O)(=O)NN(C)C. The van der Waals surface area contributed by atoms with Gasteiger partial charge in [-0.2, -0.15) is 0 Å². The first-order valence-electron chi connectivity index (χ1n) is 4.24. The third-order valence-electron chi connectivity index (χ3n) is 1.25. The van der Waals surface area contributed by atoms with Crippen molar-refractivity contribution in [1.82, 2.24) is 15.2 Å². The van der Waals surface area contributed by atoms with Crippen molar-refractivity contribution in [3.8, 4) is 0 Å². The predicted molar refractivity (Wildman–Crippen MR) is 53.7 cm³/mol. The van der Waals surface area contributed by atoms with Gasteiger partial charge in [0.25, 0.3) is 0 Å². The molecular formula is C7H19N3O2S. The van der Waals surface area contributed by atoms with Crippen LogP contribution in [-0.4, -0.2) is 45.9 Å². The van der Waals surface area contributed by atoms with Crippen LogP contribution in [0.1, 0.15) is 13.8 Å². The molecule has 0 fully saturated rings. The van der Waals surface area contributed by atoms with Gasteiger partial charge >= 0.3 is 0 Å². The smallest absolute Gasteiger partial charge is 0.225 e. The van der Waals surface area contributed by atoms with Gasteiger partial charge in [0, 0.05) is 26.7 Å². The van der Waals surface area contributed by atoms with E-state index in [0.29, 0.717) is 12.6 Å². The van der Waals surface area contributed by atoms with E-state index in [4.69, 9.17) is 0 Å². The molecule has 0 rings (SSSR count). The van der Waals surface area contributed by atoms with E-state index < -0.39 is 10.0 Å². The zero-order valence-electron chi connectivity index (χ0n) is 8.66. The van der Waals surface area contributed by atoms with E-state index in [0.717, 1.165) is 0 Å². The van der Waals surface area contributed by atoms with Gasteiger partial charge < -0.3 is 5.32 Å². The molecule has 0 aliphatic carbocycles. The Balaban J connectivity index is 3.77. The minimum absolute atomic E-state index is 0.101. The molecule has 6 heteroatoms. The summed E-state index contributed by atoms with van der Waals surface area (Å²) in [5.74, 6) is 0.101. The Hall–Kier alpha value is -0.170. The molecule has 0 spiro atoms. The summed E-state index contributed by atoms with van der Waals surface area (Å²) in [6.45, 7) is 4.43. The second kappa shape index (κ2) is 5.54. The molecule has 0 radical (unpaired) electrons. The number of nitrogens with zero attached hydrogens (tertiary/aromatic N) is 1. The maximum Gasteiger partial charge on any atom is 0.225 e. The minimum atomic E-state index is -3.16. The molecule has 0 unspecified atom stereocenters. The van der Waals surface area contributed by atoms with Crippen molar-refractivity contribution in [3.05, 3.63) is 0 Å². The monoisotopic (exact) mass is 209 g/mol. The molecule has 0 atom stereocenters. The maximum absolute atomic E-state index is 11.2. The standard InChI is InChI=1S/C7H19N3O2S/c1-7(2)8-5-6-13(11,12)9-10(3)4/h7-9H,5-6H2,1-4H3. The summed E-state index contributed by atoms with van der Waals surface area (Å²) >= 11 is 0. The summed E-state index contributed by atoms with van der Waals surface area (Å²) in [6.07, 6.45) is 0. The fourth-order valence-electron chi connectivity index (χ4n) is 0.806. The first kappa shape index (κ1) is 12.8. The molecule has 0 aromatic rings. The summed E-state index contributed by atoms with van der Waals surface area (Å²) < 4.78 is 22.5. The van der Waals surface area contributed by atoms with Crippen molar-refractivity contribution in [2.75, 3.05) is 26.4 Å². The first-order valence-corrected chi connectivity index (χ1v) is 5.89. The fourth-order valence-corrected chi connectivity index (χ4v) is 1.84. The molecule has 0 heterocycles. The topological polar surface area (TPSA) is 61.4 Å². The Kier molecular flexibility index (Phi) is 5.46. The minimum Gasteiger partial charge on any atom is -0.313 e. The molecule has 0 saturated heterocycles. The second-order valence-corrected chi connectivity index (χ2v) is 5.23. The molecule has 0 amide bonds. The molecule has 0 aromatic carbocycles. The third kappa shape index (κ3) is 8.17. The molecule has 0 saturated carbocycles. The fraction of sp³-hybridized carbons (Fsp3) is 1.00. The van der Waals surface area contributed by atoms with Crippen LogP contribution in [0.15, 0.2) is 0 Å². The van der Waals surface area contributed by atoms with Gasteiger partial charge in [-0.3, -0.25) is 0 Å². The number of hydrogen-bond donors (Lipinski definition) is 2. The molecule has 13 heavy (non-hydrogen) atoms. The number of nitrogens with one attached hydrogen (secondary N) is 2. The Morgan fingerprint density at radius 3 is 2.23 bits per heavy atom. The van der Waals surface area contributed by atoms with Gasteiger partial charge in [-0.1, -0.05) is 13.8 Å². The van der Waals surface area contributed by atoms with Gasteiger partial charge in [0.1, 0.15) is 0 Å². The lowest BCUT2D eigenvalue weighted by Gasteiger charge is -2.13. The van der Waals surface area contributed by atoms with Gasteiger partial charge in [0.05, 0.1) is 5.75 Å². The van der Waals surface area contributed by atoms with E-state index in [9.17, 15) is 8.42 Å². The van der Waals surface area contributed by atoms with E-state index >= 15 is 0 Å². The van der Waals surface area contributed by atoms with Gasteiger partial charge in [0.2, 0.25) is 10.0 Å². The van der Waals surface area contributed by atoms with E-state index in [1.807, 2.05) is 13.8 Å². The Labute approximate surface area is 80.5 Å². The van der Waals surface area contributed by atoms with Crippen LogP contribution in [0.5, 0.6) is 0 Å². The maximum atomic E-state index is 11.2. The van der Waals surface area contributed by atoms with Crippen LogP contribution in [0, 0.1) is 0 Å². The van der Waals surface area contributed by atoms with E-state index in [-0.39, 0.29) is 5.75 Å². The molecule has 80 valence electrons. The molecule has 0 aliphatic rings. The van der Waals surface area contributed by atoms with Crippen LogP contribution < -0.4 is 10.1 Å².